The highest BCUT2D eigenvalue weighted by Gasteiger charge is 2.18. The van der Waals surface area contributed by atoms with Crippen LogP contribution in [-0.2, 0) is 14.3 Å². The van der Waals surface area contributed by atoms with Gasteiger partial charge in [-0.1, -0.05) is 39.3 Å². The van der Waals surface area contributed by atoms with Crippen LogP contribution in [0, 0.1) is 11.8 Å². The summed E-state index contributed by atoms with van der Waals surface area (Å²) in [5.74, 6) is -0.335. The number of hydrogen-bond donors (Lipinski definition) is 1. The van der Waals surface area contributed by atoms with Gasteiger partial charge in [-0.3, -0.25) is 14.4 Å². The highest BCUT2D eigenvalue weighted by Crippen LogP contribution is 2.09. The van der Waals surface area contributed by atoms with Crippen molar-refractivity contribution in [1.29, 1.82) is 0 Å². The number of ether oxygens (including phenoxy) is 1. The van der Waals surface area contributed by atoms with Gasteiger partial charge in [0.15, 0.2) is 6.61 Å². The van der Waals surface area contributed by atoms with Gasteiger partial charge < -0.3 is 15.0 Å². The zero-order chi connectivity index (χ0) is 20.4. The lowest BCUT2D eigenvalue weighted by Gasteiger charge is -2.26. The second-order valence-electron chi connectivity index (χ2n) is 7.26. The number of nitrogens with zero attached hydrogens (tertiary/aromatic N) is 1. The van der Waals surface area contributed by atoms with E-state index < -0.39 is 5.97 Å². The summed E-state index contributed by atoms with van der Waals surface area (Å²) in [6.07, 6.45) is 0.000963. The van der Waals surface area contributed by atoms with E-state index in [0.717, 1.165) is 0 Å². The second-order valence-corrected chi connectivity index (χ2v) is 7.70. The molecule has 150 valence electrons. The fourth-order valence-corrected chi connectivity index (χ4v) is 2.57. The zero-order valence-electron chi connectivity index (χ0n) is 16.5. The molecular weight excluding hydrogens is 368 g/mol. The third-order valence-corrected chi connectivity index (χ3v) is 3.85. The lowest BCUT2D eigenvalue weighted by molar-refractivity contribution is -0.152. The van der Waals surface area contributed by atoms with E-state index in [1.54, 1.807) is 29.2 Å². The first-order valence-corrected chi connectivity index (χ1v) is 9.54. The second kappa shape index (κ2) is 11.6. The van der Waals surface area contributed by atoms with E-state index >= 15 is 0 Å². The van der Waals surface area contributed by atoms with Crippen LogP contribution in [0.3, 0.4) is 0 Å². The van der Waals surface area contributed by atoms with Crippen LogP contribution in [-0.4, -0.2) is 48.9 Å². The van der Waals surface area contributed by atoms with Crippen molar-refractivity contribution in [3.05, 3.63) is 34.9 Å². The van der Waals surface area contributed by atoms with Gasteiger partial charge in [0.2, 0.25) is 0 Å². The van der Waals surface area contributed by atoms with E-state index in [1.165, 1.54) is 0 Å². The lowest BCUT2D eigenvalue weighted by Crippen LogP contribution is -2.39. The number of carbonyl (C=O) groups is 3. The number of esters is 1. The molecule has 0 heterocycles. The molecule has 0 atom stereocenters. The molecule has 27 heavy (non-hydrogen) atoms. The predicted molar refractivity (Wildman–Crippen MR) is 106 cm³/mol. The van der Waals surface area contributed by atoms with Crippen LogP contribution >= 0.6 is 11.6 Å². The first-order valence-electron chi connectivity index (χ1n) is 9.16. The minimum Gasteiger partial charge on any atom is -0.456 e. The normalized spacial score (nSPS) is 10.8. The molecule has 0 unspecified atom stereocenters. The molecule has 0 saturated carbocycles. The van der Waals surface area contributed by atoms with Crippen molar-refractivity contribution >= 4 is 29.4 Å². The number of nitrogens with one attached hydrogen (secondary N) is 1. The zero-order valence-corrected chi connectivity index (χ0v) is 17.2. The molecule has 1 aromatic rings. The van der Waals surface area contributed by atoms with Crippen molar-refractivity contribution in [1.82, 2.24) is 10.2 Å². The number of halogens is 1. The van der Waals surface area contributed by atoms with Gasteiger partial charge in [-0.05, 0) is 36.1 Å². The van der Waals surface area contributed by atoms with Gasteiger partial charge in [-0.2, -0.15) is 0 Å². The molecule has 1 aromatic carbocycles. The van der Waals surface area contributed by atoms with E-state index in [-0.39, 0.29) is 31.4 Å². The largest absolute Gasteiger partial charge is 0.456 e. The summed E-state index contributed by atoms with van der Waals surface area (Å²) in [5.41, 5.74) is 0.459. The van der Waals surface area contributed by atoms with Crippen molar-refractivity contribution in [2.45, 2.75) is 34.1 Å². The molecule has 0 aliphatic rings. The summed E-state index contributed by atoms with van der Waals surface area (Å²) in [7, 11) is 0. The molecule has 0 aliphatic heterocycles. The van der Waals surface area contributed by atoms with Crippen LogP contribution in [0.15, 0.2) is 24.3 Å². The van der Waals surface area contributed by atoms with Crippen molar-refractivity contribution in [3.8, 4) is 0 Å². The van der Waals surface area contributed by atoms with Crippen LogP contribution in [0.5, 0.6) is 0 Å². The Balaban J connectivity index is 2.35. The van der Waals surface area contributed by atoms with Crippen LogP contribution in [0.2, 0.25) is 5.02 Å². The first kappa shape index (κ1) is 23.0. The SMILES string of the molecule is CC(C)CN(CC(C)C)C(=O)COC(=O)CCNC(=O)c1ccc(Cl)cc1. The monoisotopic (exact) mass is 396 g/mol. The molecule has 7 heteroatoms. The summed E-state index contributed by atoms with van der Waals surface area (Å²) in [5, 5.41) is 3.18. The van der Waals surface area contributed by atoms with Gasteiger partial charge in [0.05, 0.1) is 6.42 Å². The van der Waals surface area contributed by atoms with Crippen molar-refractivity contribution in [2.75, 3.05) is 26.2 Å². The number of amides is 2. The van der Waals surface area contributed by atoms with Crippen LogP contribution in [0.4, 0.5) is 0 Å². The highest BCUT2D eigenvalue weighted by molar-refractivity contribution is 6.30. The molecule has 0 fully saturated rings. The van der Waals surface area contributed by atoms with Crippen LogP contribution in [0.25, 0.3) is 0 Å². The van der Waals surface area contributed by atoms with Gasteiger partial charge in [0, 0.05) is 30.2 Å². The fraction of sp³-hybridized carbons (Fsp3) is 0.550. The van der Waals surface area contributed by atoms with Gasteiger partial charge in [-0.25, -0.2) is 0 Å². The van der Waals surface area contributed by atoms with Crippen molar-refractivity contribution in [3.63, 3.8) is 0 Å². The third-order valence-electron chi connectivity index (χ3n) is 3.60. The number of carbonyl (C=O) groups excluding carboxylic acids is 3. The van der Waals surface area contributed by atoms with Gasteiger partial charge >= 0.3 is 5.97 Å². The van der Waals surface area contributed by atoms with Gasteiger partial charge in [-0.15, -0.1) is 0 Å². The maximum Gasteiger partial charge on any atom is 0.308 e. The van der Waals surface area contributed by atoms with Crippen LogP contribution in [0.1, 0.15) is 44.5 Å². The summed E-state index contributed by atoms with van der Waals surface area (Å²) < 4.78 is 5.05. The van der Waals surface area contributed by atoms with E-state index in [1.807, 2.05) is 27.7 Å². The molecule has 1 rings (SSSR count). The average molecular weight is 397 g/mol. The molecule has 0 radical (unpaired) electrons. The Labute approximate surface area is 166 Å². The van der Waals surface area contributed by atoms with Crippen molar-refractivity contribution < 1.29 is 19.1 Å². The summed E-state index contributed by atoms with van der Waals surface area (Å²) >= 11 is 5.78. The van der Waals surface area contributed by atoms with Gasteiger partial charge in [0.25, 0.3) is 11.8 Å². The Hall–Kier alpha value is -2.08. The predicted octanol–water partition coefficient (Wildman–Crippen LogP) is 3.14. The molecule has 0 aromatic heterocycles. The lowest BCUT2D eigenvalue weighted by atomic mass is 10.1. The fourth-order valence-electron chi connectivity index (χ4n) is 2.45. The molecule has 0 bridgehead atoms. The summed E-state index contributed by atoms with van der Waals surface area (Å²) in [6.45, 7) is 9.27. The van der Waals surface area contributed by atoms with E-state index in [2.05, 4.69) is 5.32 Å². The third kappa shape index (κ3) is 9.43. The Morgan fingerprint density at radius 1 is 1.04 bits per heavy atom. The molecule has 6 nitrogen and oxygen atoms in total. The van der Waals surface area contributed by atoms with Crippen molar-refractivity contribution in [2.24, 2.45) is 11.8 Å². The maximum absolute atomic E-state index is 12.3. The Kier molecular flexibility index (Phi) is 9.86. The van der Waals surface area contributed by atoms with E-state index in [4.69, 9.17) is 16.3 Å². The minimum absolute atomic E-state index is 0.000963. The topological polar surface area (TPSA) is 75.7 Å². The number of hydrogen-bond acceptors (Lipinski definition) is 4. The van der Waals surface area contributed by atoms with E-state index in [9.17, 15) is 14.4 Å². The maximum atomic E-state index is 12.3. The number of benzene rings is 1. The molecular formula is C20H29ClN2O4. The molecule has 2 amide bonds. The Morgan fingerprint density at radius 3 is 2.11 bits per heavy atom. The minimum atomic E-state index is -0.520. The summed E-state index contributed by atoms with van der Waals surface area (Å²) in [4.78, 5) is 37.8. The molecule has 0 saturated heterocycles. The summed E-state index contributed by atoms with van der Waals surface area (Å²) in [6, 6.07) is 6.45. The smallest absolute Gasteiger partial charge is 0.308 e. The quantitative estimate of drug-likeness (QED) is 0.616. The molecule has 0 aliphatic carbocycles. The molecule has 1 N–H and O–H groups in total. The Bertz CT molecular complexity index is 619. The first-order chi connectivity index (χ1) is 12.7. The Morgan fingerprint density at radius 2 is 1.59 bits per heavy atom. The average Bonchev–Trinajstić information content (AvgIpc) is 2.58. The van der Waals surface area contributed by atoms with Gasteiger partial charge in [0.1, 0.15) is 0 Å². The standard InChI is InChI=1S/C20H29ClN2O4/c1-14(2)11-23(12-15(3)4)18(24)13-27-19(25)9-10-22-20(26)16-5-7-17(21)8-6-16/h5-8,14-15H,9-13H2,1-4H3,(H,22,26). The molecule has 0 spiro atoms. The van der Waals surface area contributed by atoms with E-state index in [0.29, 0.717) is 35.5 Å². The highest BCUT2D eigenvalue weighted by atomic mass is 35.5. The van der Waals surface area contributed by atoms with Crippen LogP contribution < -0.4 is 5.32 Å². The number of rotatable bonds is 10.